The molecule has 0 bridgehead atoms. The van der Waals surface area contributed by atoms with Gasteiger partial charge in [-0.3, -0.25) is 0 Å². The highest BCUT2D eigenvalue weighted by Gasteiger charge is 2.24. The normalized spacial score (nSPS) is 12.7. The van der Waals surface area contributed by atoms with E-state index in [0.717, 1.165) is 57.9 Å². The first kappa shape index (κ1) is 18.0. The molecule has 3 heterocycles. The largest absolute Gasteiger partial charge is 0.454 e. The molecule has 5 heteroatoms. The number of pyridine rings is 1. The summed E-state index contributed by atoms with van der Waals surface area (Å²) < 4.78 is 13.6. The van der Waals surface area contributed by atoms with E-state index in [1.165, 1.54) is 11.1 Å². The maximum atomic E-state index is 5.65. The number of benzene rings is 3. The van der Waals surface area contributed by atoms with E-state index in [1.54, 1.807) is 0 Å². The molecule has 3 aromatic carbocycles. The second-order valence-electron chi connectivity index (χ2n) is 7.83. The molecule has 0 unspecified atom stereocenters. The number of nitrogens with zero attached hydrogens (tertiary/aromatic N) is 3. The van der Waals surface area contributed by atoms with Crippen LogP contribution in [-0.4, -0.2) is 21.6 Å². The zero-order chi connectivity index (χ0) is 20.8. The highest BCUT2D eigenvalue weighted by Crippen LogP contribution is 2.42. The summed E-state index contributed by atoms with van der Waals surface area (Å²) in [6.07, 6.45) is 3.18. The van der Waals surface area contributed by atoms with Crippen LogP contribution in [0, 0.1) is 0 Å². The Balaban J connectivity index is 1.58. The fourth-order valence-corrected chi connectivity index (χ4v) is 4.25. The van der Waals surface area contributed by atoms with Gasteiger partial charge in [-0.1, -0.05) is 61.5 Å². The molecule has 0 atom stereocenters. The van der Waals surface area contributed by atoms with Crippen molar-refractivity contribution in [3.05, 3.63) is 84.1 Å². The van der Waals surface area contributed by atoms with Gasteiger partial charge in [0, 0.05) is 35.3 Å². The average Bonchev–Trinajstić information content (AvgIpc) is 3.45. The predicted molar refractivity (Wildman–Crippen MR) is 121 cm³/mol. The van der Waals surface area contributed by atoms with E-state index < -0.39 is 0 Å². The standard InChI is InChI=1S/C26H21N3O2/c1-2-17-8-10-19(11-9-17)25-21-15-29(14-18-6-4-3-5-7-18)22-13-24-23(30-16-31-24)12-20(22)26(21)28-27-25/h3-13,15H,2,14,16H2,1H3. The molecule has 6 rings (SSSR count). The Morgan fingerprint density at radius 2 is 1.58 bits per heavy atom. The Morgan fingerprint density at radius 3 is 2.35 bits per heavy atom. The van der Waals surface area contributed by atoms with Crippen LogP contribution >= 0.6 is 0 Å². The van der Waals surface area contributed by atoms with Crippen molar-refractivity contribution in [1.29, 1.82) is 0 Å². The summed E-state index contributed by atoms with van der Waals surface area (Å²) in [6.45, 7) is 3.15. The Kier molecular flexibility index (Phi) is 4.13. The zero-order valence-electron chi connectivity index (χ0n) is 17.2. The first-order valence-corrected chi connectivity index (χ1v) is 10.5. The smallest absolute Gasteiger partial charge is 0.231 e. The van der Waals surface area contributed by atoms with E-state index in [2.05, 4.69) is 76.4 Å². The molecule has 0 N–H and O–H groups in total. The lowest BCUT2D eigenvalue weighted by Crippen LogP contribution is -2.04. The van der Waals surface area contributed by atoms with Crippen molar-refractivity contribution < 1.29 is 9.47 Å². The molecule has 0 saturated heterocycles. The summed E-state index contributed by atoms with van der Waals surface area (Å²) in [5.41, 5.74) is 7.48. The molecule has 3 aromatic rings. The minimum absolute atomic E-state index is 0.245. The van der Waals surface area contributed by atoms with Gasteiger partial charge in [-0.15, -0.1) is 10.2 Å². The van der Waals surface area contributed by atoms with Crippen LogP contribution < -0.4 is 9.47 Å². The summed E-state index contributed by atoms with van der Waals surface area (Å²) >= 11 is 0. The second kappa shape index (κ2) is 7.13. The topological polar surface area (TPSA) is 49.2 Å². The predicted octanol–water partition coefficient (Wildman–Crippen LogP) is 5.54. The van der Waals surface area contributed by atoms with E-state index in [-0.39, 0.29) is 6.79 Å². The van der Waals surface area contributed by atoms with Crippen molar-refractivity contribution in [2.24, 2.45) is 0 Å². The van der Waals surface area contributed by atoms with Gasteiger partial charge in [0.1, 0.15) is 11.4 Å². The monoisotopic (exact) mass is 407 g/mol. The van der Waals surface area contributed by atoms with Gasteiger partial charge >= 0.3 is 0 Å². The second-order valence-corrected chi connectivity index (χ2v) is 7.83. The molecule has 0 aliphatic carbocycles. The van der Waals surface area contributed by atoms with Crippen LogP contribution in [0.4, 0.5) is 0 Å². The van der Waals surface area contributed by atoms with Crippen LogP contribution in [0.5, 0.6) is 11.5 Å². The number of ether oxygens (including phenoxy) is 2. The SMILES string of the molecule is CCc1ccc(-c2nnc3c4cc5c(cc4n(Cc4ccccc4)cc2-3)OCO5)cc1. The summed E-state index contributed by atoms with van der Waals surface area (Å²) in [4.78, 5) is 0. The van der Waals surface area contributed by atoms with Gasteiger partial charge in [-0.05, 0) is 23.6 Å². The maximum Gasteiger partial charge on any atom is 0.231 e. The third kappa shape index (κ3) is 3.01. The van der Waals surface area contributed by atoms with Crippen LogP contribution in [-0.2, 0) is 13.0 Å². The summed E-state index contributed by atoms with van der Waals surface area (Å²) in [5.74, 6) is 1.52. The number of hydrogen-bond acceptors (Lipinski definition) is 4. The molecule has 3 aliphatic heterocycles. The average molecular weight is 407 g/mol. The maximum absolute atomic E-state index is 5.65. The number of aryl methyl sites for hydroxylation is 1. The van der Waals surface area contributed by atoms with E-state index in [9.17, 15) is 0 Å². The van der Waals surface area contributed by atoms with Crippen LogP contribution in [0.3, 0.4) is 0 Å². The van der Waals surface area contributed by atoms with E-state index in [4.69, 9.17) is 9.47 Å². The Labute approximate surface area is 180 Å². The lowest BCUT2D eigenvalue weighted by molar-refractivity contribution is 0.174. The molecule has 0 saturated carbocycles. The van der Waals surface area contributed by atoms with Gasteiger partial charge in [-0.25, -0.2) is 0 Å². The fourth-order valence-electron chi connectivity index (χ4n) is 4.25. The van der Waals surface area contributed by atoms with Crippen molar-refractivity contribution in [3.63, 3.8) is 0 Å². The molecule has 0 spiro atoms. The minimum atomic E-state index is 0.245. The summed E-state index contributed by atoms with van der Waals surface area (Å²) in [7, 11) is 0. The van der Waals surface area contributed by atoms with Crippen molar-refractivity contribution >= 4 is 10.9 Å². The molecule has 0 amide bonds. The number of aromatic nitrogens is 3. The Bertz CT molecular complexity index is 1360. The first-order chi connectivity index (χ1) is 15.3. The molecule has 0 radical (unpaired) electrons. The van der Waals surface area contributed by atoms with Crippen molar-refractivity contribution in [2.75, 3.05) is 6.79 Å². The molecular weight excluding hydrogens is 386 g/mol. The minimum Gasteiger partial charge on any atom is -0.454 e. The van der Waals surface area contributed by atoms with E-state index in [1.807, 2.05) is 18.2 Å². The van der Waals surface area contributed by atoms with Gasteiger partial charge in [0.2, 0.25) is 6.79 Å². The molecule has 31 heavy (non-hydrogen) atoms. The van der Waals surface area contributed by atoms with Crippen LogP contribution in [0.25, 0.3) is 33.4 Å². The molecule has 0 fully saturated rings. The van der Waals surface area contributed by atoms with E-state index >= 15 is 0 Å². The van der Waals surface area contributed by atoms with Crippen LogP contribution in [0.1, 0.15) is 18.1 Å². The molecular formula is C26H21N3O2. The summed E-state index contributed by atoms with van der Waals surface area (Å²) in [6, 6.07) is 23.1. The summed E-state index contributed by atoms with van der Waals surface area (Å²) in [5, 5.41) is 10.2. The van der Waals surface area contributed by atoms with Gasteiger partial charge in [0.15, 0.2) is 11.5 Å². The highest BCUT2D eigenvalue weighted by atomic mass is 16.7. The van der Waals surface area contributed by atoms with Gasteiger partial charge in [0.25, 0.3) is 0 Å². The van der Waals surface area contributed by atoms with Crippen LogP contribution in [0.2, 0.25) is 0 Å². The van der Waals surface area contributed by atoms with Crippen molar-refractivity contribution in [1.82, 2.24) is 14.8 Å². The Hall–Kier alpha value is -3.86. The lowest BCUT2D eigenvalue weighted by Gasteiger charge is -2.16. The van der Waals surface area contributed by atoms with Crippen LogP contribution in [0.15, 0.2) is 72.9 Å². The molecule has 0 aromatic heterocycles. The third-order valence-corrected chi connectivity index (χ3v) is 5.93. The van der Waals surface area contributed by atoms with Gasteiger partial charge in [0.05, 0.1) is 5.52 Å². The lowest BCUT2D eigenvalue weighted by atomic mass is 10.00. The highest BCUT2D eigenvalue weighted by molar-refractivity contribution is 5.99. The first-order valence-electron chi connectivity index (χ1n) is 10.5. The molecule has 3 aliphatic rings. The zero-order valence-corrected chi connectivity index (χ0v) is 17.2. The number of fused-ring (bicyclic) bond motifs is 4. The fraction of sp³-hybridized carbons (Fsp3) is 0.154. The van der Waals surface area contributed by atoms with Gasteiger partial charge < -0.3 is 14.0 Å². The molecule has 152 valence electrons. The van der Waals surface area contributed by atoms with E-state index in [0.29, 0.717) is 0 Å². The Morgan fingerprint density at radius 1 is 0.839 bits per heavy atom. The molecule has 5 nitrogen and oxygen atoms in total. The van der Waals surface area contributed by atoms with Gasteiger partial charge in [-0.2, -0.15) is 0 Å². The van der Waals surface area contributed by atoms with Crippen molar-refractivity contribution in [2.45, 2.75) is 19.9 Å². The quantitative estimate of drug-likeness (QED) is 0.392. The number of hydrogen-bond donors (Lipinski definition) is 0. The van der Waals surface area contributed by atoms with Crippen molar-refractivity contribution in [3.8, 4) is 34.0 Å². The third-order valence-electron chi connectivity index (χ3n) is 5.93. The number of rotatable bonds is 4.